The molecule has 0 aliphatic heterocycles. The van der Waals surface area contributed by atoms with E-state index in [2.05, 4.69) is 9.71 Å². The van der Waals surface area contributed by atoms with Crippen LogP contribution in [0.25, 0.3) is 0 Å². The zero-order chi connectivity index (χ0) is 22.5. The van der Waals surface area contributed by atoms with Crippen LogP contribution in [0.1, 0.15) is 31.0 Å². The monoisotopic (exact) mass is 474 g/mol. The normalized spacial score (nSPS) is 13.9. The minimum atomic E-state index is -3.91. The minimum absolute atomic E-state index is 0.103. The molecule has 0 amide bonds. The molecule has 0 aliphatic carbocycles. The van der Waals surface area contributed by atoms with Crippen molar-refractivity contribution in [2.75, 3.05) is 0 Å². The number of nitrogens with zero attached hydrogens (tertiary/aromatic N) is 1. The average molecular weight is 475 g/mol. The SMILES string of the molecule is CC(C)N=C(c1ccccc1)C(Cl)(Cl)C(NS(=O)(=O)c1ccccc1)c1ccccc1. The second kappa shape index (κ2) is 9.96. The average Bonchev–Trinajstić information content (AvgIpc) is 2.77. The first-order valence-electron chi connectivity index (χ1n) is 9.85. The van der Waals surface area contributed by atoms with Gasteiger partial charge in [0.15, 0.2) is 4.33 Å². The molecule has 3 aromatic rings. The third kappa shape index (κ3) is 5.74. The maximum atomic E-state index is 13.2. The van der Waals surface area contributed by atoms with E-state index in [9.17, 15) is 8.42 Å². The Morgan fingerprint density at radius 1 is 0.839 bits per heavy atom. The van der Waals surface area contributed by atoms with Crippen LogP contribution in [0.4, 0.5) is 0 Å². The molecule has 0 radical (unpaired) electrons. The van der Waals surface area contributed by atoms with Gasteiger partial charge in [0.05, 0.1) is 16.6 Å². The van der Waals surface area contributed by atoms with Crippen LogP contribution in [0.5, 0.6) is 0 Å². The van der Waals surface area contributed by atoms with E-state index < -0.39 is 20.4 Å². The standard InChI is InChI=1S/C24H24Cl2N2O2S/c1-18(2)27-22(19-12-6-3-7-13-19)24(25,26)23(20-14-8-4-9-15-20)28-31(29,30)21-16-10-5-11-17-21/h3-18,23,28H,1-2H3. The molecule has 3 rings (SSSR count). The van der Waals surface area contributed by atoms with Gasteiger partial charge >= 0.3 is 0 Å². The summed E-state index contributed by atoms with van der Waals surface area (Å²) < 4.78 is 27.4. The zero-order valence-electron chi connectivity index (χ0n) is 17.2. The quantitative estimate of drug-likeness (QED) is 0.332. The van der Waals surface area contributed by atoms with E-state index in [1.165, 1.54) is 12.1 Å². The molecule has 0 saturated heterocycles. The lowest BCUT2D eigenvalue weighted by Gasteiger charge is -2.33. The van der Waals surface area contributed by atoms with Crippen molar-refractivity contribution in [1.82, 2.24) is 4.72 Å². The fourth-order valence-corrected chi connectivity index (χ4v) is 5.24. The second-order valence-electron chi connectivity index (χ2n) is 7.34. The fraction of sp³-hybridized carbons (Fsp3) is 0.208. The Morgan fingerprint density at radius 3 is 1.84 bits per heavy atom. The molecule has 0 bridgehead atoms. The van der Waals surface area contributed by atoms with Crippen LogP contribution in [-0.2, 0) is 10.0 Å². The first kappa shape index (κ1) is 23.5. The van der Waals surface area contributed by atoms with E-state index in [0.717, 1.165) is 5.56 Å². The summed E-state index contributed by atoms with van der Waals surface area (Å²) in [7, 11) is -3.91. The van der Waals surface area contributed by atoms with Crippen molar-refractivity contribution in [2.45, 2.75) is 35.2 Å². The molecule has 1 atom stereocenters. The number of rotatable bonds is 8. The first-order valence-corrected chi connectivity index (χ1v) is 12.1. The van der Waals surface area contributed by atoms with Gasteiger partial charge in [-0.1, -0.05) is 102 Å². The van der Waals surface area contributed by atoms with Crippen LogP contribution in [0.3, 0.4) is 0 Å². The molecular formula is C24H24Cl2N2O2S. The maximum absolute atomic E-state index is 13.2. The van der Waals surface area contributed by atoms with Crippen molar-refractivity contribution in [2.24, 2.45) is 4.99 Å². The topological polar surface area (TPSA) is 58.5 Å². The number of hydrogen-bond donors (Lipinski definition) is 1. The summed E-state index contributed by atoms with van der Waals surface area (Å²) in [4.78, 5) is 4.81. The molecule has 4 nitrogen and oxygen atoms in total. The molecule has 1 N–H and O–H groups in total. The molecule has 0 heterocycles. The molecule has 162 valence electrons. The van der Waals surface area contributed by atoms with Crippen LogP contribution in [0.2, 0.25) is 0 Å². The van der Waals surface area contributed by atoms with E-state index in [4.69, 9.17) is 23.2 Å². The number of hydrogen-bond acceptors (Lipinski definition) is 3. The number of alkyl halides is 2. The van der Waals surface area contributed by atoms with Gasteiger partial charge in [-0.05, 0) is 37.1 Å². The van der Waals surface area contributed by atoms with Gasteiger partial charge in [-0.2, -0.15) is 0 Å². The van der Waals surface area contributed by atoms with Crippen LogP contribution in [0.15, 0.2) is 101 Å². The van der Waals surface area contributed by atoms with Crippen LogP contribution < -0.4 is 4.72 Å². The first-order chi connectivity index (χ1) is 14.7. The highest BCUT2D eigenvalue weighted by Crippen LogP contribution is 2.40. The molecule has 0 aliphatic rings. The van der Waals surface area contributed by atoms with Gasteiger partial charge in [-0.3, -0.25) is 4.99 Å². The van der Waals surface area contributed by atoms with Gasteiger partial charge < -0.3 is 0 Å². The third-order valence-electron chi connectivity index (χ3n) is 4.57. The van der Waals surface area contributed by atoms with Crippen LogP contribution in [0, 0.1) is 0 Å². The molecule has 0 aromatic heterocycles. The lowest BCUT2D eigenvalue weighted by Crippen LogP contribution is -2.44. The summed E-state index contributed by atoms with van der Waals surface area (Å²) >= 11 is 14.0. The zero-order valence-corrected chi connectivity index (χ0v) is 19.6. The predicted octanol–water partition coefficient (Wildman–Crippen LogP) is 5.78. The molecule has 0 spiro atoms. The number of benzene rings is 3. The molecule has 7 heteroatoms. The van der Waals surface area contributed by atoms with Gasteiger partial charge in [0, 0.05) is 6.04 Å². The molecule has 31 heavy (non-hydrogen) atoms. The van der Waals surface area contributed by atoms with E-state index in [1.807, 2.05) is 62.4 Å². The molecule has 1 unspecified atom stereocenters. The Bertz CT molecular complexity index is 1120. The van der Waals surface area contributed by atoms with Gasteiger partial charge in [0.25, 0.3) is 0 Å². The number of sulfonamides is 1. The van der Waals surface area contributed by atoms with Crippen LogP contribution >= 0.6 is 23.2 Å². The van der Waals surface area contributed by atoms with Crippen molar-refractivity contribution in [3.63, 3.8) is 0 Å². The third-order valence-corrected chi connectivity index (χ3v) is 6.81. The maximum Gasteiger partial charge on any atom is 0.241 e. The van der Waals surface area contributed by atoms with Crippen molar-refractivity contribution < 1.29 is 8.42 Å². The Labute approximate surface area is 194 Å². The summed E-state index contributed by atoms with van der Waals surface area (Å²) in [5.74, 6) is 0. The Kier molecular flexibility index (Phi) is 7.55. The lowest BCUT2D eigenvalue weighted by atomic mass is 9.96. The predicted molar refractivity (Wildman–Crippen MR) is 128 cm³/mol. The minimum Gasteiger partial charge on any atom is -0.283 e. The molecule has 0 saturated carbocycles. The molecular weight excluding hydrogens is 451 g/mol. The lowest BCUT2D eigenvalue weighted by molar-refractivity contribution is 0.554. The summed E-state index contributed by atoms with van der Waals surface area (Å²) in [6, 6.07) is 25.4. The van der Waals surface area contributed by atoms with Crippen molar-refractivity contribution in [3.05, 3.63) is 102 Å². The molecule has 3 aromatic carbocycles. The highest BCUT2D eigenvalue weighted by atomic mass is 35.5. The van der Waals surface area contributed by atoms with Crippen LogP contribution in [-0.4, -0.2) is 24.5 Å². The smallest absolute Gasteiger partial charge is 0.241 e. The van der Waals surface area contributed by atoms with Crippen molar-refractivity contribution in [3.8, 4) is 0 Å². The molecule has 0 fully saturated rings. The summed E-state index contributed by atoms with van der Waals surface area (Å²) in [6.07, 6.45) is 0. The highest BCUT2D eigenvalue weighted by Gasteiger charge is 2.44. The second-order valence-corrected chi connectivity index (χ2v) is 10.4. The summed E-state index contributed by atoms with van der Waals surface area (Å²) in [6.45, 7) is 3.83. The van der Waals surface area contributed by atoms with E-state index in [-0.39, 0.29) is 10.9 Å². The summed E-state index contributed by atoms with van der Waals surface area (Å²) in [5.41, 5.74) is 1.75. The Balaban J connectivity index is 2.14. The van der Waals surface area contributed by atoms with Crippen molar-refractivity contribution in [1.29, 1.82) is 0 Å². The number of nitrogens with one attached hydrogen (secondary N) is 1. The Morgan fingerprint density at radius 2 is 1.32 bits per heavy atom. The fourth-order valence-electron chi connectivity index (χ4n) is 3.16. The number of halogens is 2. The van der Waals surface area contributed by atoms with Gasteiger partial charge in [-0.15, -0.1) is 0 Å². The number of aliphatic imine (C=N–C) groups is 1. The van der Waals surface area contributed by atoms with Gasteiger partial charge in [-0.25, -0.2) is 13.1 Å². The summed E-state index contributed by atoms with van der Waals surface area (Å²) in [5, 5.41) is 0. The van der Waals surface area contributed by atoms with Gasteiger partial charge in [0.2, 0.25) is 10.0 Å². The largest absolute Gasteiger partial charge is 0.283 e. The Hall–Kier alpha value is -2.18. The van der Waals surface area contributed by atoms with E-state index >= 15 is 0 Å². The van der Waals surface area contributed by atoms with E-state index in [1.54, 1.807) is 30.3 Å². The van der Waals surface area contributed by atoms with E-state index in [0.29, 0.717) is 11.3 Å². The van der Waals surface area contributed by atoms with Gasteiger partial charge in [0.1, 0.15) is 0 Å². The van der Waals surface area contributed by atoms with Crippen molar-refractivity contribution >= 4 is 38.9 Å². The highest BCUT2D eigenvalue weighted by molar-refractivity contribution is 7.89.